The highest BCUT2D eigenvalue weighted by atomic mass is 35.5. The Labute approximate surface area is 140 Å². The molecule has 8 heteroatoms. The van der Waals surface area contributed by atoms with Crippen LogP contribution in [0.25, 0.3) is 0 Å². The van der Waals surface area contributed by atoms with Crippen LogP contribution in [-0.4, -0.2) is 50.1 Å². The van der Waals surface area contributed by atoms with Gasteiger partial charge in [-0.15, -0.1) is 12.4 Å². The van der Waals surface area contributed by atoms with E-state index in [9.17, 15) is 13.2 Å². The molecule has 0 aromatic rings. The molecule has 0 spiro atoms. The van der Waals surface area contributed by atoms with Crippen LogP contribution in [-0.2, 0) is 14.8 Å². The fourth-order valence-electron chi connectivity index (χ4n) is 2.42. The third-order valence-corrected chi connectivity index (χ3v) is 5.83. The third-order valence-electron chi connectivity index (χ3n) is 3.87. The van der Waals surface area contributed by atoms with Gasteiger partial charge in [0.1, 0.15) is 0 Å². The van der Waals surface area contributed by atoms with Crippen LogP contribution in [0.4, 0.5) is 0 Å². The molecule has 22 heavy (non-hydrogen) atoms. The van der Waals surface area contributed by atoms with E-state index in [2.05, 4.69) is 5.32 Å². The highest BCUT2D eigenvalue weighted by Crippen LogP contribution is 2.20. The Morgan fingerprint density at radius 3 is 2.45 bits per heavy atom. The number of halogens is 1. The number of nitrogens with two attached hydrogens (primary N) is 1. The molecule has 1 heterocycles. The van der Waals surface area contributed by atoms with Crippen molar-refractivity contribution in [1.82, 2.24) is 9.62 Å². The Bertz CT molecular complexity index is 421. The van der Waals surface area contributed by atoms with Gasteiger partial charge in [0.25, 0.3) is 0 Å². The van der Waals surface area contributed by atoms with Gasteiger partial charge in [-0.3, -0.25) is 4.79 Å². The van der Waals surface area contributed by atoms with Gasteiger partial charge < -0.3 is 11.1 Å². The highest BCUT2D eigenvalue weighted by molar-refractivity contribution is 7.89. The molecule has 0 aromatic heterocycles. The molecule has 1 aliphatic heterocycles. The SMILES string of the molecule is CCCCS(=O)(=O)N1CCC(C(=O)NCCC(C)N)CC1.Cl. The van der Waals surface area contributed by atoms with Crippen molar-refractivity contribution in [3.8, 4) is 0 Å². The second-order valence-electron chi connectivity index (χ2n) is 5.90. The average Bonchev–Trinajstić information content (AvgIpc) is 2.45. The van der Waals surface area contributed by atoms with E-state index in [4.69, 9.17) is 5.73 Å². The van der Waals surface area contributed by atoms with Crippen molar-refractivity contribution in [2.75, 3.05) is 25.4 Å². The number of sulfonamides is 1. The predicted octanol–water partition coefficient (Wildman–Crippen LogP) is 1.10. The maximum absolute atomic E-state index is 12.1. The van der Waals surface area contributed by atoms with Crippen LogP contribution in [0.15, 0.2) is 0 Å². The van der Waals surface area contributed by atoms with Crippen LogP contribution in [0.5, 0.6) is 0 Å². The zero-order chi connectivity index (χ0) is 15.9. The summed E-state index contributed by atoms with van der Waals surface area (Å²) in [6.07, 6.45) is 3.54. The maximum Gasteiger partial charge on any atom is 0.223 e. The van der Waals surface area contributed by atoms with Crippen molar-refractivity contribution < 1.29 is 13.2 Å². The molecule has 6 nitrogen and oxygen atoms in total. The van der Waals surface area contributed by atoms with E-state index < -0.39 is 10.0 Å². The summed E-state index contributed by atoms with van der Waals surface area (Å²) in [6, 6.07) is 0.0795. The van der Waals surface area contributed by atoms with Crippen molar-refractivity contribution >= 4 is 28.3 Å². The molecular weight excluding hydrogens is 326 g/mol. The average molecular weight is 356 g/mol. The highest BCUT2D eigenvalue weighted by Gasteiger charge is 2.30. The number of hydrogen-bond acceptors (Lipinski definition) is 4. The van der Waals surface area contributed by atoms with Crippen molar-refractivity contribution in [3.05, 3.63) is 0 Å². The van der Waals surface area contributed by atoms with Crippen LogP contribution in [0.3, 0.4) is 0 Å². The summed E-state index contributed by atoms with van der Waals surface area (Å²) < 4.78 is 25.7. The number of nitrogens with zero attached hydrogens (tertiary/aromatic N) is 1. The Morgan fingerprint density at radius 1 is 1.36 bits per heavy atom. The lowest BCUT2D eigenvalue weighted by molar-refractivity contribution is -0.126. The van der Waals surface area contributed by atoms with Gasteiger partial charge in [-0.25, -0.2) is 12.7 Å². The number of nitrogens with one attached hydrogen (secondary N) is 1. The first kappa shape index (κ1) is 21.6. The van der Waals surface area contributed by atoms with Crippen molar-refractivity contribution in [2.45, 2.75) is 52.0 Å². The van der Waals surface area contributed by atoms with E-state index in [1.165, 1.54) is 4.31 Å². The Kier molecular flexibility index (Phi) is 10.2. The molecule has 1 rings (SSSR count). The smallest absolute Gasteiger partial charge is 0.223 e. The van der Waals surface area contributed by atoms with E-state index in [1.54, 1.807) is 0 Å². The van der Waals surface area contributed by atoms with Gasteiger partial charge in [0, 0.05) is 31.6 Å². The van der Waals surface area contributed by atoms with E-state index in [0.29, 0.717) is 38.9 Å². The van der Waals surface area contributed by atoms with Gasteiger partial charge in [-0.1, -0.05) is 13.3 Å². The zero-order valence-electron chi connectivity index (χ0n) is 13.6. The minimum Gasteiger partial charge on any atom is -0.356 e. The van der Waals surface area contributed by atoms with Crippen molar-refractivity contribution in [2.24, 2.45) is 11.7 Å². The van der Waals surface area contributed by atoms with Gasteiger partial charge >= 0.3 is 0 Å². The molecule has 0 bridgehead atoms. The first-order chi connectivity index (χ1) is 9.86. The summed E-state index contributed by atoms with van der Waals surface area (Å²) >= 11 is 0. The van der Waals surface area contributed by atoms with Crippen molar-refractivity contribution in [3.63, 3.8) is 0 Å². The van der Waals surface area contributed by atoms with E-state index in [0.717, 1.165) is 12.8 Å². The number of rotatable bonds is 8. The van der Waals surface area contributed by atoms with E-state index >= 15 is 0 Å². The molecule has 1 unspecified atom stereocenters. The monoisotopic (exact) mass is 355 g/mol. The first-order valence-corrected chi connectivity index (χ1v) is 9.49. The van der Waals surface area contributed by atoms with E-state index in [-0.39, 0.29) is 36.0 Å². The normalized spacial score (nSPS) is 18.5. The number of unbranched alkanes of at least 4 members (excludes halogenated alkanes) is 1. The number of carbonyl (C=O) groups excluding carboxylic acids is 1. The Morgan fingerprint density at radius 2 is 1.95 bits per heavy atom. The molecule has 132 valence electrons. The Balaban J connectivity index is 0.00000441. The fraction of sp³-hybridized carbons (Fsp3) is 0.929. The largest absolute Gasteiger partial charge is 0.356 e. The number of hydrogen-bond donors (Lipinski definition) is 2. The second-order valence-corrected chi connectivity index (χ2v) is 7.99. The molecule has 3 N–H and O–H groups in total. The molecule has 1 amide bonds. The third kappa shape index (κ3) is 7.26. The standard InChI is InChI=1S/C14H29N3O3S.ClH/c1-3-4-11-21(19,20)17-9-6-13(7-10-17)14(18)16-8-5-12(2)15;/h12-13H,3-11,15H2,1-2H3,(H,16,18);1H. The fourth-order valence-corrected chi connectivity index (χ4v) is 4.10. The van der Waals surface area contributed by atoms with Gasteiger partial charge in [0.2, 0.25) is 15.9 Å². The lowest BCUT2D eigenvalue weighted by Gasteiger charge is -2.30. The second kappa shape index (κ2) is 10.4. The van der Waals surface area contributed by atoms with Gasteiger partial charge in [0.15, 0.2) is 0 Å². The quantitative estimate of drug-likeness (QED) is 0.682. The lowest BCUT2D eigenvalue weighted by atomic mass is 9.97. The zero-order valence-corrected chi connectivity index (χ0v) is 15.2. The van der Waals surface area contributed by atoms with Crippen LogP contribution < -0.4 is 11.1 Å². The molecule has 0 aliphatic carbocycles. The molecule has 1 aliphatic rings. The summed E-state index contributed by atoms with van der Waals surface area (Å²) in [5.41, 5.74) is 5.64. The van der Waals surface area contributed by atoms with Crippen LogP contribution in [0, 0.1) is 5.92 Å². The summed E-state index contributed by atoms with van der Waals surface area (Å²) in [5, 5.41) is 2.88. The van der Waals surface area contributed by atoms with Gasteiger partial charge in [-0.2, -0.15) is 0 Å². The summed E-state index contributed by atoms with van der Waals surface area (Å²) in [6.45, 7) is 5.39. The summed E-state index contributed by atoms with van der Waals surface area (Å²) in [7, 11) is -3.14. The Hall–Kier alpha value is -0.370. The molecule has 0 radical (unpaired) electrons. The maximum atomic E-state index is 12.1. The molecule has 1 saturated heterocycles. The molecule has 1 fully saturated rings. The number of carbonyl (C=O) groups is 1. The number of amides is 1. The van der Waals surface area contributed by atoms with Crippen molar-refractivity contribution in [1.29, 1.82) is 0 Å². The summed E-state index contributed by atoms with van der Waals surface area (Å²) in [5.74, 6) is 0.173. The van der Waals surface area contributed by atoms with Crippen LogP contribution in [0.2, 0.25) is 0 Å². The minimum absolute atomic E-state index is 0. The minimum atomic E-state index is -3.14. The van der Waals surface area contributed by atoms with Gasteiger partial charge in [0.05, 0.1) is 5.75 Å². The van der Waals surface area contributed by atoms with Gasteiger partial charge in [-0.05, 0) is 32.6 Å². The van der Waals surface area contributed by atoms with Crippen LogP contribution in [0.1, 0.15) is 46.0 Å². The lowest BCUT2D eigenvalue weighted by Crippen LogP contribution is -2.44. The molecule has 0 saturated carbocycles. The summed E-state index contributed by atoms with van der Waals surface area (Å²) in [4.78, 5) is 12.0. The van der Waals surface area contributed by atoms with E-state index in [1.807, 2.05) is 13.8 Å². The first-order valence-electron chi connectivity index (χ1n) is 7.88. The molecule has 1 atom stereocenters. The topological polar surface area (TPSA) is 92.5 Å². The predicted molar refractivity (Wildman–Crippen MR) is 91.5 cm³/mol. The number of piperidine rings is 1. The molecule has 0 aromatic carbocycles. The van der Waals surface area contributed by atoms with Crippen LogP contribution >= 0.6 is 12.4 Å². The molecular formula is C14H30ClN3O3S.